The van der Waals surface area contributed by atoms with Gasteiger partial charge in [-0.2, -0.15) is 8.78 Å². The lowest BCUT2D eigenvalue weighted by Crippen LogP contribution is -2.35. The quantitative estimate of drug-likeness (QED) is 0.295. The zero-order valence-corrected chi connectivity index (χ0v) is 16.7. The number of carbonyl (C=O) groups is 1. The van der Waals surface area contributed by atoms with E-state index in [0.717, 1.165) is 0 Å². The fourth-order valence-corrected chi connectivity index (χ4v) is 2.88. The molecule has 134 valence electrons. The molecule has 1 aromatic carbocycles. The van der Waals surface area contributed by atoms with Crippen LogP contribution in [0.5, 0.6) is 11.5 Å². The van der Waals surface area contributed by atoms with Crippen LogP contribution in [0, 0.1) is 7.14 Å². The molecule has 0 fully saturated rings. The number of alkyl halides is 2. The van der Waals surface area contributed by atoms with Crippen LogP contribution in [-0.4, -0.2) is 42.5 Å². The molecule has 0 spiro atoms. The first-order valence-corrected chi connectivity index (χ1v) is 9.42. The second-order valence-corrected chi connectivity index (χ2v) is 7.93. The van der Waals surface area contributed by atoms with Crippen LogP contribution in [0.25, 0.3) is 6.08 Å². The molecule has 0 aromatic heterocycles. The first-order chi connectivity index (χ1) is 10.9. The molecule has 0 aliphatic carbocycles. The van der Waals surface area contributed by atoms with Crippen LogP contribution in [0.3, 0.4) is 0 Å². The molecule has 12 heteroatoms. The molecule has 0 bridgehead atoms. The minimum absolute atomic E-state index is 0.0780. The van der Waals surface area contributed by atoms with Gasteiger partial charge in [-0.1, -0.05) is 12.7 Å². The summed E-state index contributed by atoms with van der Waals surface area (Å²) in [6.45, 7) is 0.773. The van der Waals surface area contributed by atoms with Crippen molar-refractivity contribution in [1.82, 2.24) is 0 Å². The Hall–Kier alpha value is -0.740. The molecule has 0 atom stereocenters. The summed E-state index contributed by atoms with van der Waals surface area (Å²) in [5.74, 6) is -1.69. The number of ether oxygens (including phenoxy) is 2. The van der Waals surface area contributed by atoms with E-state index in [1.165, 1.54) is 6.08 Å². The third-order valence-corrected chi connectivity index (χ3v) is 5.28. The Kier molecular flexibility index (Phi) is 7.18. The summed E-state index contributed by atoms with van der Waals surface area (Å²) in [4.78, 5) is 11.3. The van der Waals surface area contributed by atoms with E-state index >= 15 is 0 Å². The number of halogens is 4. The highest BCUT2D eigenvalue weighted by atomic mass is 127. The second kappa shape index (κ2) is 8.09. The zero-order valence-electron chi connectivity index (χ0n) is 11.6. The third kappa shape index (κ3) is 5.13. The lowest BCUT2D eigenvalue weighted by Gasteiger charge is -2.19. The lowest BCUT2D eigenvalue weighted by molar-refractivity contribution is -0.152. The van der Waals surface area contributed by atoms with Crippen molar-refractivity contribution in [3.8, 4) is 11.5 Å². The Balaban J connectivity index is 2.76. The maximum atomic E-state index is 12.8. The molecule has 0 saturated heterocycles. The first kappa shape index (κ1) is 21.3. The molecule has 0 heterocycles. The van der Waals surface area contributed by atoms with Crippen molar-refractivity contribution in [3.05, 3.63) is 25.3 Å². The molecule has 0 saturated carbocycles. The zero-order chi connectivity index (χ0) is 18.7. The minimum atomic E-state index is -5.94. The highest BCUT2D eigenvalue weighted by Gasteiger charge is 2.39. The van der Waals surface area contributed by atoms with E-state index in [2.05, 4.69) is 11.3 Å². The molecule has 1 N–H and O–H groups in total. The van der Waals surface area contributed by atoms with Crippen molar-refractivity contribution in [2.75, 3.05) is 13.2 Å². The van der Waals surface area contributed by atoms with Gasteiger partial charge < -0.3 is 19.1 Å². The summed E-state index contributed by atoms with van der Waals surface area (Å²) < 4.78 is 66.3. The minimum Gasteiger partial charge on any atom is -0.743 e. The number of carbonyl (C=O) groups excluding carboxylic acids is 1. The average Bonchev–Trinajstić information content (AvgIpc) is 2.47. The third-order valence-electron chi connectivity index (χ3n) is 2.50. The SMILES string of the molecule is C=Cc1cc(I)c(OCC(=O)OCC(F)(F)S(=O)(=O)[O-])c(O)c1I. The summed E-state index contributed by atoms with van der Waals surface area (Å²) in [6, 6.07) is 1.61. The summed E-state index contributed by atoms with van der Waals surface area (Å²) in [7, 11) is -5.94. The summed E-state index contributed by atoms with van der Waals surface area (Å²) >= 11 is 3.63. The van der Waals surface area contributed by atoms with Crippen molar-refractivity contribution < 1.29 is 41.1 Å². The summed E-state index contributed by atoms with van der Waals surface area (Å²) in [6.07, 6.45) is 1.49. The average molecular weight is 589 g/mol. The van der Waals surface area contributed by atoms with Gasteiger partial charge in [0.1, 0.15) is 0 Å². The Morgan fingerprint density at radius 1 is 1.46 bits per heavy atom. The number of phenolic OH excluding ortho intramolecular Hbond substituents is 1. The molecule has 0 aliphatic rings. The molecular weight excluding hydrogens is 580 g/mol. The van der Waals surface area contributed by atoms with Gasteiger partial charge in [0, 0.05) is 0 Å². The van der Waals surface area contributed by atoms with Gasteiger partial charge in [-0.3, -0.25) is 0 Å². The number of phenols is 1. The number of hydrogen-bond donors (Lipinski definition) is 1. The van der Waals surface area contributed by atoms with Crippen LogP contribution in [0.4, 0.5) is 8.78 Å². The van der Waals surface area contributed by atoms with E-state index in [9.17, 15) is 31.7 Å². The Bertz CT molecular complexity index is 765. The topological polar surface area (TPSA) is 113 Å². The van der Waals surface area contributed by atoms with Crippen LogP contribution < -0.4 is 4.74 Å². The van der Waals surface area contributed by atoms with Crippen LogP contribution in [-0.2, 0) is 19.6 Å². The van der Waals surface area contributed by atoms with Crippen molar-refractivity contribution in [3.63, 3.8) is 0 Å². The van der Waals surface area contributed by atoms with E-state index in [-0.39, 0.29) is 11.5 Å². The Morgan fingerprint density at radius 2 is 2.04 bits per heavy atom. The van der Waals surface area contributed by atoms with E-state index in [0.29, 0.717) is 12.7 Å². The van der Waals surface area contributed by atoms with E-state index in [1.807, 2.05) is 45.2 Å². The van der Waals surface area contributed by atoms with Crippen LogP contribution in [0.2, 0.25) is 0 Å². The maximum absolute atomic E-state index is 12.8. The lowest BCUT2D eigenvalue weighted by atomic mass is 10.2. The smallest absolute Gasteiger partial charge is 0.367 e. The van der Waals surface area contributed by atoms with Crippen LogP contribution in [0.15, 0.2) is 12.6 Å². The Labute approximate surface area is 163 Å². The van der Waals surface area contributed by atoms with Gasteiger partial charge in [0.2, 0.25) is 0 Å². The van der Waals surface area contributed by atoms with Gasteiger partial charge in [-0.15, -0.1) is 0 Å². The molecule has 0 amide bonds. The van der Waals surface area contributed by atoms with Crippen molar-refractivity contribution in [2.24, 2.45) is 0 Å². The van der Waals surface area contributed by atoms with Gasteiger partial charge >= 0.3 is 11.2 Å². The molecule has 0 aliphatic heterocycles. The molecule has 1 aromatic rings. The standard InChI is InChI=1S/C12H10F2I2O7S/c1-2-6-3-7(15)11(10(18)9(6)16)22-4-8(17)23-5-12(13,14)24(19,20)21/h2-3,18H,1,4-5H2,(H,19,20,21)/p-1. The predicted octanol–water partition coefficient (Wildman–Crippen LogP) is 2.30. The molecule has 7 nitrogen and oxygen atoms in total. The van der Waals surface area contributed by atoms with Gasteiger partial charge in [-0.05, 0) is 56.8 Å². The van der Waals surface area contributed by atoms with Crippen molar-refractivity contribution in [2.45, 2.75) is 5.25 Å². The first-order valence-electron chi connectivity index (χ1n) is 5.85. The number of benzene rings is 1. The largest absolute Gasteiger partial charge is 0.743 e. The fourth-order valence-electron chi connectivity index (χ4n) is 1.31. The predicted molar refractivity (Wildman–Crippen MR) is 94.7 cm³/mol. The molecule has 0 radical (unpaired) electrons. The fraction of sp³-hybridized carbons (Fsp3) is 0.250. The number of esters is 1. The monoisotopic (exact) mass is 589 g/mol. The van der Waals surface area contributed by atoms with E-state index < -0.39 is 34.6 Å². The molecule has 1 rings (SSSR count). The number of hydrogen-bond acceptors (Lipinski definition) is 7. The van der Waals surface area contributed by atoms with E-state index in [4.69, 9.17) is 4.74 Å². The van der Waals surface area contributed by atoms with Crippen molar-refractivity contribution in [1.29, 1.82) is 0 Å². The molecule has 0 unspecified atom stereocenters. The van der Waals surface area contributed by atoms with Gasteiger partial charge in [0.15, 0.2) is 34.8 Å². The van der Waals surface area contributed by atoms with Gasteiger partial charge in [0.25, 0.3) is 0 Å². The van der Waals surface area contributed by atoms with Gasteiger partial charge in [-0.25, -0.2) is 13.2 Å². The van der Waals surface area contributed by atoms with Gasteiger partial charge in [0.05, 0.1) is 7.14 Å². The highest BCUT2D eigenvalue weighted by molar-refractivity contribution is 14.1. The summed E-state index contributed by atoms with van der Waals surface area (Å²) in [5.41, 5.74) is 0.618. The number of aromatic hydroxyl groups is 1. The molecule has 24 heavy (non-hydrogen) atoms. The van der Waals surface area contributed by atoms with Crippen LogP contribution >= 0.6 is 45.2 Å². The van der Waals surface area contributed by atoms with E-state index in [1.54, 1.807) is 6.07 Å². The van der Waals surface area contributed by atoms with Crippen molar-refractivity contribution >= 4 is 67.3 Å². The Morgan fingerprint density at radius 3 is 2.54 bits per heavy atom. The summed E-state index contributed by atoms with van der Waals surface area (Å²) in [5, 5.41) is 5.26. The normalized spacial score (nSPS) is 11.9. The molecular formula is C12H9F2I2O7S-. The van der Waals surface area contributed by atoms with Crippen LogP contribution in [0.1, 0.15) is 5.56 Å². The maximum Gasteiger partial charge on any atom is 0.367 e. The second-order valence-electron chi connectivity index (χ2n) is 4.18. The number of rotatable bonds is 7. The highest BCUT2D eigenvalue weighted by Crippen LogP contribution is 2.38.